The number of carbonyl (C=O) groups excluding carboxylic acids is 1. The van der Waals surface area contributed by atoms with Crippen LogP contribution in [0.5, 0.6) is 11.5 Å². The van der Waals surface area contributed by atoms with E-state index >= 15 is 0 Å². The molecule has 23 heavy (non-hydrogen) atoms. The molecule has 2 aromatic rings. The standard InChI is InChI=1S/C18H20ClNO3/c1-3-17(23-16-6-4-5-15(11-16)22-2)18(21)20-12-13-7-9-14(19)10-8-13/h4-11,17H,3,12H2,1-2H3,(H,20,21)/t17-/m1/s1. The minimum atomic E-state index is -0.547. The van der Waals surface area contributed by atoms with Crippen molar-refractivity contribution in [2.24, 2.45) is 0 Å². The van der Waals surface area contributed by atoms with E-state index in [9.17, 15) is 4.79 Å². The maximum absolute atomic E-state index is 12.3. The number of hydrogen-bond donors (Lipinski definition) is 1. The second-order valence-corrected chi connectivity index (χ2v) is 5.47. The van der Waals surface area contributed by atoms with Gasteiger partial charge in [-0.3, -0.25) is 4.79 Å². The maximum Gasteiger partial charge on any atom is 0.261 e. The first-order valence-corrected chi connectivity index (χ1v) is 7.83. The van der Waals surface area contributed by atoms with Crippen LogP contribution in [-0.4, -0.2) is 19.1 Å². The molecule has 0 unspecified atom stereocenters. The van der Waals surface area contributed by atoms with E-state index in [1.54, 1.807) is 31.4 Å². The number of methoxy groups -OCH3 is 1. The highest BCUT2D eigenvalue weighted by Gasteiger charge is 2.18. The summed E-state index contributed by atoms with van der Waals surface area (Å²) >= 11 is 5.84. The SMILES string of the molecule is CC[C@@H](Oc1cccc(OC)c1)C(=O)NCc1ccc(Cl)cc1. The number of ether oxygens (including phenoxy) is 2. The number of halogens is 1. The molecule has 1 atom stereocenters. The zero-order valence-electron chi connectivity index (χ0n) is 13.2. The molecule has 1 N–H and O–H groups in total. The summed E-state index contributed by atoms with van der Waals surface area (Å²) in [5.41, 5.74) is 0.985. The summed E-state index contributed by atoms with van der Waals surface area (Å²) in [6.45, 7) is 2.35. The highest BCUT2D eigenvalue weighted by atomic mass is 35.5. The number of benzene rings is 2. The van der Waals surface area contributed by atoms with E-state index in [-0.39, 0.29) is 5.91 Å². The zero-order chi connectivity index (χ0) is 16.7. The first kappa shape index (κ1) is 17.2. The van der Waals surface area contributed by atoms with Gasteiger partial charge in [0, 0.05) is 17.6 Å². The Bertz CT molecular complexity index is 643. The van der Waals surface area contributed by atoms with Crippen molar-refractivity contribution in [2.75, 3.05) is 7.11 Å². The molecule has 0 saturated heterocycles. The Morgan fingerprint density at radius 3 is 2.52 bits per heavy atom. The van der Waals surface area contributed by atoms with E-state index in [0.29, 0.717) is 29.5 Å². The molecule has 0 aliphatic carbocycles. The smallest absolute Gasteiger partial charge is 0.261 e. The lowest BCUT2D eigenvalue weighted by Gasteiger charge is -2.17. The summed E-state index contributed by atoms with van der Waals surface area (Å²) in [6, 6.07) is 14.6. The monoisotopic (exact) mass is 333 g/mol. The molecule has 0 fully saturated rings. The van der Waals surface area contributed by atoms with Crippen LogP contribution in [0.15, 0.2) is 48.5 Å². The van der Waals surface area contributed by atoms with Gasteiger partial charge in [-0.25, -0.2) is 0 Å². The molecule has 0 radical (unpaired) electrons. The molecule has 122 valence electrons. The molecule has 0 bridgehead atoms. The lowest BCUT2D eigenvalue weighted by Crippen LogP contribution is -2.37. The highest BCUT2D eigenvalue weighted by molar-refractivity contribution is 6.30. The van der Waals surface area contributed by atoms with E-state index in [0.717, 1.165) is 5.56 Å². The molecule has 0 aliphatic heterocycles. The molecule has 4 nitrogen and oxygen atoms in total. The van der Waals surface area contributed by atoms with Crippen molar-refractivity contribution >= 4 is 17.5 Å². The van der Waals surface area contributed by atoms with Gasteiger partial charge in [0.25, 0.3) is 5.91 Å². The predicted molar refractivity (Wildman–Crippen MR) is 91.0 cm³/mol. The lowest BCUT2D eigenvalue weighted by atomic mass is 10.2. The summed E-state index contributed by atoms with van der Waals surface area (Å²) in [5, 5.41) is 3.55. The van der Waals surface area contributed by atoms with Crippen LogP contribution in [0.1, 0.15) is 18.9 Å². The van der Waals surface area contributed by atoms with Crippen molar-refractivity contribution in [1.29, 1.82) is 0 Å². The van der Waals surface area contributed by atoms with Gasteiger partial charge in [-0.05, 0) is 36.2 Å². The molecule has 0 spiro atoms. The predicted octanol–water partition coefficient (Wildman–Crippen LogP) is 3.82. The van der Waals surface area contributed by atoms with Crippen LogP contribution in [0.2, 0.25) is 5.02 Å². The summed E-state index contributed by atoms with van der Waals surface area (Å²) in [6.07, 6.45) is 0.0262. The first-order valence-electron chi connectivity index (χ1n) is 7.45. The van der Waals surface area contributed by atoms with E-state index in [1.807, 2.05) is 31.2 Å². The van der Waals surface area contributed by atoms with E-state index in [1.165, 1.54) is 0 Å². The van der Waals surface area contributed by atoms with Gasteiger partial charge < -0.3 is 14.8 Å². The maximum atomic E-state index is 12.3. The van der Waals surface area contributed by atoms with Crippen LogP contribution in [0.25, 0.3) is 0 Å². The third-order valence-corrected chi connectivity index (χ3v) is 3.61. The number of rotatable bonds is 7. The fourth-order valence-electron chi connectivity index (χ4n) is 2.07. The van der Waals surface area contributed by atoms with Gasteiger partial charge >= 0.3 is 0 Å². The quantitative estimate of drug-likeness (QED) is 0.837. The van der Waals surface area contributed by atoms with Crippen LogP contribution in [0.3, 0.4) is 0 Å². The first-order chi connectivity index (χ1) is 11.1. The van der Waals surface area contributed by atoms with Gasteiger partial charge in [-0.2, -0.15) is 0 Å². The second kappa shape index (κ2) is 8.44. The van der Waals surface area contributed by atoms with Crippen LogP contribution in [0, 0.1) is 0 Å². The summed E-state index contributed by atoms with van der Waals surface area (Å²) in [7, 11) is 1.59. The third-order valence-electron chi connectivity index (χ3n) is 3.36. The Morgan fingerprint density at radius 2 is 1.87 bits per heavy atom. The number of carbonyl (C=O) groups is 1. The average molecular weight is 334 g/mol. The fourth-order valence-corrected chi connectivity index (χ4v) is 2.19. The van der Waals surface area contributed by atoms with Crippen molar-refractivity contribution in [3.8, 4) is 11.5 Å². The Hall–Kier alpha value is -2.20. The molecule has 2 rings (SSSR count). The molecule has 0 saturated carbocycles. The van der Waals surface area contributed by atoms with Crippen molar-refractivity contribution in [2.45, 2.75) is 26.0 Å². The van der Waals surface area contributed by atoms with Gasteiger partial charge in [0.15, 0.2) is 6.10 Å². The summed E-state index contributed by atoms with van der Waals surface area (Å²) in [5.74, 6) is 1.15. The zero-order valence-corrected chi connectivity index (χ0v) is 14.0. The van der Waals surface area contributed by atoms with Crippen molar-refractivity contribution in [3.63, 3.8) is 0 Å². The van der Waals surface area contributed by atoms with Gasteiger partial charge in [-0.1, -0.05) is 36.7 Å². The van der Waals surface area contributed by atoms with Gasteiger partial charge in [0.05, 0.1) is 7.11 Å². The lowest BCUT2D eigenvalue weighted by molar-refractivity contribution is -0.128. The highest BCUT2D eigenvalue weighted by Crippen LogP contribution is 2.20. The normalized spacial score (nSPS) is 11.6. The molecular weight excluding hydrogens is 314 g/mol. The Labute approximate surface area is 141 Å². The van der Waals surface area contributed by atoms with Crippen molar-refractivity contribution < 1.29 is 14.3 Å². The van der Waals surface area contributed by atoms with E-state index in [2.05, 4.69) is 5.32 Å². The molecule has 5 heteroatoms. The van der Waals surface area contributed by atoms with Crippen LogP contribution in [0.4, 0.5) is 0 Å². The Morgan fingerprint density at radius 1 is 1.17 bits per heavy atom. The summed E-state index contributed by atoms with van der Waals surface area (Å²) < 4.78 is 10.9. The van der Waals surface area contributed by atoms with Gasteiger partial charge in [0.2, 0.25) is 0 Å². The Balaban J connectivity index is 1.93. The second-order valence-electron chi connectivity index (χ2n) is 5.04. The van der Waals surface area contributed by atoms with Crippen LogP contribution < -0.4 is 14.8 Å². The number of hydrogen-bond acceptors (Lipinski definition) is 3. The number of nitrogens with one attached hydrogen (secondary N) is 1. The largest absolute Gasteiger partial charge is 0.497 e. The van der Waals surface area contributed by atoms with Crippen LogP contribution >= 0.6 is 11.6 Å². The average Bonchev–Trinajstić information content (AvgIpc) is 2.59. The minimum absolute atomic E-state index is 0.148. The molecule has 0 aromatic heterocycles. The molecule has 0 aliphatic rings. The molecule has 0 heterocycles. The van der Waals surface area contributed by atoms with Crippen molar-refractivity contribution in [1.82, 2.24) is 5.32 Å². The van der Waals surface area contributed by atoms with Crippen molar-refractivity contribution in [3.05, 3.63) is 59.1 Å². The van der Waals surface area contributed by atoms with Gasteiger partial charge in [-0.15, -0.1) is 0 Å². The van der Waals surface area contributed by atoms with Crippen LogP contribution in [-0.2, 0) is 11.3 Å². The summed E-state index contributed by atoms with van der Waals surface area (Å²) in [4.78, 5) is 12.3. The molecule has 2 aromatic carbocycles. The minimum Gasteiger partial charge on any atom is -0.497 e. The number of amides is 1. The van der Waals surface area contributed by atoms with E-state index < -0.39 is 6.10 Å². The third kappa shape index (κ3) is 5.18. The van der Waals surface area contributed by atoms with E-state index in [4.69, 9.17) is 21.1 Å². The van der Waals surface area contributed by atoms with Gasteiger partial charge in [0.1, 0.15) is 11.5 Å². The molecular formula is C18H20ClNO3. The Kier molecular flexibility index (Phi) is 6.29. The molecule has 1 amide bonds. The fraction of sp³-hybridized carbons (Fsp3) is 0.278. The topological polar surface area (TPSA) is 47.6 Å².